The second kappa shape index (κ2) is 5.90. The molecule has 4 heteroatoms. The number of carbonyl (C=O) groups excluding carboxylic acids is 1. The van der Waals surface area contributed by atoms with Gasteiger partial charge in [0.1, 0.15) is 0 Å². The quantitative estimate of drug-likeness (QED) is 0.913. The van der Waals surface area contributed by atoms with Crippen LogP contribution in [0.5, 0.6) is 0 Å². The number of nitrogens with zero attached hydrogens (tertiary/aromatic N) is 1. The molecule has 0 radical (unpaired) electrons. The largest absolute Gasteiger partial charge is 0.381 e. The van der Waals surface area contributed by atoms with E-state index in [9.17, 15) is 4.79 Å². The Balaban J connectivity index is 1.70. The van der Waals surface area contributed by atoms with Gasteiger partial charge in [-0.15, -0.1) is 0 Å². The van der Waals surface area contributed by atoms with Crippen LogP contribution in [-0.2, 0) is 17.8 Å². The van der Waals surface area contributed by atoms with Crippen molar-refractivity contribution in [2.24, 2.45) is 0 Å². The Kier molecular flexibility index (Phi) is 3.97. The average molecular weight is 345 g/mol. The molecule has 0 saturated carbocycles. The lowest BCUT2D eigenvalue weighted by Crippen LogP contribution is -2.25. The zero-order valence-electron chi connectivity index (χ0n) is 11.9. The van der Waals surface area contributed by atoms with Crippen LogP contribution in [0.2, 0.25) is 0 Å². The molecule has 3 nitrogen and oxygen atoms in total. The fraction of sp³-hybridized carbons (Fsp3) is 0.235. The standard InChI is InChI=1S/C17H17BrN2O/c1-12(21)20-9-8-14-10-16(6-7-17(14)20)19-11-13-2-4-15(18)5-3-13/h2-7,10,19H,8-9,11H2,1H3. The lowest BCUT2D eigenvalue weighted by atomic mass is 10.1. The molecule has 2 aromatic rings. The van der Waals surface area contributed by atoms with E-state index in [1.807, 2.05) is 29.2 Å². The predicted molar refractivity (Wildman–Crippen MR) is 89.6 cm³/mol. The lowest BCUT2D eigenvalue weighted by molar-refractivity contribution is -0.116. The Hall–Kier alpha value is -1.81. The van der Waals surface area contributed by atoms with Crippen LogP contribution < -0.4 is 10.2 Å². The second-order valence-corrected chi connectivity index (χ2v) is 6.16. The maximum Gasteiger partial charge on any atom is 0.223 e. The Morgan fingerprint density at radius 2 is 2.00 bits per heavy atom. The van der Waals surface area contributed by atoms with Crippen molar-refractivity contribution in [3.8, 4) is 0 Å². The molecule has 0 aliphatic carbocycles. The van der Waals surface area contributed by atoms with E-state index in [2.05, 4.69) is 39.4 Å². The summed E-state index contributed by atoms with van der Waals surface area (Å²) in [6.45, 7) is 3.21. The maximum atomic E-state index is 11.5. The molecule has 108 valence electrons. The van der Waals surface area contributed by atoms with Crippen molar-refractivity contribution in [3.05, 3.63) is 58.1 Å². The molecule has 3 rings (SSSR count). The van der Waals surface area contributed by atoms with Crippen LogP contribution in [0.15, 0.2) is 46.9 Å². The molecule has 1 heterocycles. The summed E-state index contributed by atoms with van der Waals surface area (Å²) in [5, 5.41) is 3.44. The normalized spacial score (nSPS) is 13.1. The molecule has 0 atom stereocenters. The minimum atomic E-state index is 0.115. The fourth-order valence-electron chi connectivity index (χ4n) is 2.65. The Bertz CT molecular complexity index is 667. The van der Waals surface area contributed by atoms with Gasteiger partial charge in [0.05, 0.1) is 0 Å². The van der Waals surface area contributed by atoms with E-state index in [0.29, 0.717) is 0 Å². The number of anilines is 2. The van der Waals surface area contributed by atoms with Crippen molar-refractivity contribution in [2.45, 2.75) is 19.9 Å². The SMILES string of the molecule is CC(=O)N1CCc2cc(NCc3ccc(Br)cc3)ccc21. The number of hydrogen-bond donors (Lipinski definition) is 1. The first kappa shape index (κ1) is 14.1. The van der Waals surface area contributed by atoms with Crippen molar-refractivity contribution in [1.82, 2.24) is 0 Å². The molecule has 1 aliphatic heterocycles. The summed E-state index contributed by atoms with van der Waals surface area (Å²) in [6.07, 6.45) is 0.933. The average Bonchev–Trinajstić information content (AvgIpc) is 2.90. The van der Waals surface area contributed by atoms with Crippen LogP contribution >= 0.6 is 15.9 Å². The van der Waals surface area contributed by atoms with Crippen molar-refractivity contribution in [2.75, 3.05) is 16.8 Å². The van der Waals surface area contributed by atoms with E-state index in [1.54, 1.807) is 6.92 Å². The van der Waals surface area contributed by atoms with Crippen LogP contribution in [0, 0.1) is 0 Å². The summed E-state index contributed by atoms with van der Waals surface area (Å²) < 4.78 is 1.09. The summed E-state index contributed by atoms with van der Waals surface area (Å²) in [5.41, 5.74) is 4.63. The van der Waals surface area contributed by atoms with Crippen LogP contribution in [0.3, 0.4) is 0 Å². The summed E-state index contributed by atoms with van der Waals surface area (Å²) in [6, 6.07) is 14.5. The molecule has 0 spiro atoms. The molecule has 0 aromatic heterocycles. The molecule has 0 fully saturated rings. The first-order valence-corrected chi connectivity index (χ1v) is 7.82. The molecular weight excluding hydrogens is 328 g/mol. The Labute approximate surface area is 133 Å². The highest BCUT2D eigenvalue weighted by Crippen LogP contribution is 2.30. The van der Waals surface area contributed by atoms with E-state index in [-0.39, 0.29) is 5.91 Å². The van der Waals surface area contributed by atoms with Gasteiger partial charge in [0.2, 0.25) is 5.91 Å². The summed E-state index contributed by atoms with van der Waals surface area (Å²) in [7, 11) is 0. The minimum Gasteiger partial charge on any atom is -0.381 e. The highest BCUT2D eigenvalue weighted by molar-refractivity contribution is 9.10. The second-order valence-electron chi connectivity index (χ2n) is 5.24. The smallest absolute Gasteiger partial charge is 0.223 e. The number of hydrogen-bond acceptors (Lipinski definition) is 2. The molecule has 0 bridgehead atoms. The van der Waals surface area contributed by atoms with Gasteiger partial charge < -0.3 is 10.2 Å². The molecule has 1 N–H and O–H groups in total. The first-order valence-electron chi connectivity index (χ1n) is 7.03. The van der Waals surface area contributed by atoms with Crippen molar-refractivity contribution >= 4 is 33.2 Å². The zero-order valence-corrected chi connectivity index (χ0v) is 13.5. The summed E-state index contributed by atoms with van der Waals surface area (Å²) in [5.74, 6) is 0.115. The first-order chi connectivity index (χ1) is 10.1. The van der Waals surface area contributed by atoms with E-state index < -0.39 is 0 Å². The number of nitrogens with one attached hydrogen (secondary N) is 1. The molecule has 1 amide bonds. The van der Waals surface area contributed by atoms with Crippen LogP contribution in [0.1, 0.15) is 18.1 Å². The van der Waals surface area contributed by atoms with Gasteiger partial charge in [-0.2, -0.15) is 0 Å². The van der Waals surface area contributed by atoms with E-state index >= 15 is 0 Å². The van der Waals surface area contributed by atoms with Gasteiger partial charge in [0, 0.05) is 35.9 Å². The third-order valence-electron chi connectivity index (χ3n) is 3.77. The van der Waals surface area contributed by atoms with Gasteiger partial charge in [0.25, 0.3) is 0 Å². The van der Waals surface area contributed by atoms with Crippen molar-refractivity contribution in [1.29, 1.82) is 0 Å². The van der Waals surface area contributed by atoms with E-state index in [0.717, 1.165) is 35.4 Å². The zero-order chi connectivity index (χ0) is 14.8. The van der Waals surface area contributed by atoms with Crippen LogP contribution in [0.25, 0.3) is 0 Å². The molecule has 0 saturated heterocycles. The summed E-state index contributed by atoms with van der Waals surface area (Å²) >= 11 is 3.44. The number of halogens is 1. The third-order valence-corrected chi connectivity index (χ3v) is 4.29. The molecule has 21 heavy (non-hydrogen) atoms. The number of carbonyl (C=O) groups is 1. The van der Waals surface area contributed by atoms with Gasteiger partial charge in [-0.25, -0.2) is 0 Å². The van der Waals surface area contributed by atoms with Gasteiger partial charge in [-0.1, -0.05) is 28.1 Å². The molecule has 2 aromatic carbocycles. The van der Waals surface area contributed by atoms with Gasteiger partial charge in [-0.3, -0.25) is 4.79 Å². The molecule has 0 unspecified atom stereocenters. The van der Waals surface area contributed by atoms with Crippen molar-refractivity contribution in [3.63, 3.8) is 0 Å². The van der Waals surface area contributed by atoms with Gasteiger partial charge in [0.15, 0.2) is 0 Å². The molecular formula is C17H17BrN2O. The highest BCUT2D eigenvalue weighted by atomic mass is 79.9. The van der Waals surface area contributed by atoms with Gasteiger partial charge in [-0.05, 0) is 47.9 Å². The number of rotatable bonds is 3. The molecule has 1 aliphatic rings. The highest BCUT2D eigenvalue weighted by Gasteiger charge is 2.21. The summed E-state index contributed by atoms with van der Waals surface area (Å²) in [4.78, 5) is 13.4. The maximum absolute atomic E-state index is 11.5. The number of fused-ring (bicyclic) bond motifs is 1. The predicted octanol–water partition coefficient (Wildman–Crippen LogP) is 3.97. The lowest BCUT2D eigenvalue weighted by Gasteiger charge is -2.15. The van der Waals surface area contributed by atoms with Gasteiger partial charge >= 0.3 is 0 Å². The topological polar surface area (TPSA) is 32.3 Å². The Morgan fingerprint density at radius 3 is 2.71 bits per heavy atom. The Morgan fingerprint density at radius 1 is 1.24 bits per heavy atom. The van der Waals surface area contributed by atoms with Crippen molar-refractivity contribution < 1.29 is 4.79 Å². The van der Waals surface area contributed by atoms with Crippen LogP contribution in [0.4, 0.5) is 11.4 Å². The van der Waals surface area contributed by atoms with E-state index in [4.69, 9.17) is 0 Å². The monoisotopic (exact) mass is 344 g/mol. The third kappa shape index (κ3) is 3.10. The number of amides is 1. The van der Waals surface area contributed by atoms with E-state index in [1.165, 1.54) is 11.1 Å². The number of benzene rings is 2. The fourth-order valence-corrected chi connectivity index (χ4v) is 2.91. The minimum absolute atomic E-state index is 0.115. The van der Waals surface area contributed by atoms with Crippen LogP contribution in [-0.4, -0.2) is 12.5 Å².